The zero-order valence-electron chi connectivity index (χ0n) is 14.9. The monoisotopic (exact) mass is 361 g/mol. The first-order valence-corrected chi connectivity index (χ1v) is 8.97. The molecule has 4 nitrogen and oxygen atoms in total. The lowest BCUT2D eigenvalue weighted by molar-refractivity contribution is -1.02. The molecule has 0 atom stereocenters. The summed E-state index contributed by atoms with van der Waals surface area (Å²) in [6, 6.07) is 12.0. The summed E-state index contributed by atoms with van der Waals surface area (Å²) < 4.78 is 26.1. The second kappa shape index (κ2) is 8.38. The van der Waals surface area contributed by atoms with Crippen molar-refractivity contribution in [3.8, 4) is 0 Å². The van der Waals surface area contributed by atoms with Gasteiger partial charge in [0, 0.05) is 17.3 Å². The van der Waals surface area contributed by atoms with Gasteiger partial charge < -0.3 is 15.1 Å². The number of hydrogen-bond acceptors (Lipinski definition) is 1. The first kappa shape index (κ1) is 18.5. The number of carbonyl (C=O) groups is 1. The minimum absolute atomic E-state index is 0.173. The van der Waals surface area contributed by atoms with E-state index in [0.717, 1.165) is 44.9 Å². The molecule has 0 aliphatic carbocycles. The highest BCUT2D eigenvalue weighted by atomic mass is 19.2. The third-order valence-electron chi connectivity index (χ3n) is 4.81. The van der Waals surface area contributed by atoms with Gasteiger partial charge in [0.1, 0.15) is 32.7 Å². The zero-order chi connectivity index (χ0) is 18.5. The second-order valence-electron chi connectivity index (χ2n) is 7.02. The highest BCUT2D eigenvalue weighted by Gasteiger charge is 2.25. The lowest BCUT2D eigenvalue weighted by Crippen LogP contribution is -3.28. The number of hydrogen-bond donors (Lipinski definition) is 3. The molecule has 1 aliphatic heterocycles. The van der Waals surface area contributed by atoms with Crippen molar-refractivity contribution in [3.63, 3.8) is 0 Å². The van der Waals surface area contributed by atoms with E-state index in [4.69, 9.17) is 0 Å². The smallest absolute Gasteiger partial charge is 0.279 e. The van der Waals surface area contributed by atoms with Gasteiger partial charge in [-0.2, -0.15) is 0 Å². The van der Waals surface area contributed by atoms with Crippen LogP contribution >= 0.6 is 0 Å². The summed E-state index contributed by atoms with van der Waals surface area (Å²) in [6.45, 7) is 7.33. The number of piperazine rings is 1. The van der Waals surface area contributed by atoms with Crippen LogP contribution in [-0.4, -0.2) is 38.6 Å². The normalized spacial score (nSPS) is 20.0. The van der Waals surface area contributed by atoms with Crippen molar-refractivity contribution < 1.29 is 23.4 Å². The summed E-state index contributed by atoms with van der Waals surface area (Å²) in [5.74, 6) is -2.04. The highest BCUT2D eigenvalue weighted by molar-refractivity contribution is 5.91. The zero-order valence-corrected chi connectivity index (χ0v) is 14.9. The molecule has 1 heterocycles. The van der Waals surface area contributed by atoms with Crippen LogP contribution in [0.5, 0.6) is 0 Å². The van der Waals surface area contributed by atoms with Gasteiger partial charge in [-0.05, 0) is 19.1 Å². The van der Waals surface area contributed by atoms with Crippen LogP contribution in [0, 0.1) is 18.6 Å². The van der Waals surface area contributed by atoms with Gasteiger partial charge in [0.15, 0.2) is 18.2 Å². The van der Waals surface area contributed by atoms with Gasteiger partial charge >= 0.3 is 0 Å². The van der Waals surface area contributed by atoms with Crippen molar-refractivity contribution in [1.82, 2.24) is 0 Å². The van der Waals surface area contributed by atoms with E-state index in [1.807, 2.05) is 0 Å². The molecule has 6 heteroatoms. The molecule has 0 spiro atoms. The molecule has 3 rings (SSSR count). The van der Waals surface area contributed by atoms with Crippen LogP contribution in [0.25, 0.3) is 0 Å². The van der Waals surface area contributed by atoms with Crippen molar-refractivity contribution in [2.24, 2.45) is 0 Å². The molecule has 2 aromatic rings. The lowest BCUT2D eigenvalue weighted by Gasteiger charge is -2.29. The third-order valence-corrected chi connectivity index (χ3v) is 4.81. The Bertz CT molecular complexity index is 773. The number of quaternary nitrogens is 2. The third kappa shape index (κ3) is 5.09. The number of aryl methyl sites for hydroxylation is 1. The fourth-order valence-electron chi connectivity index (χ4n) is 3.43. The maximum Gasteiger partial charge on any atom is 0.279 e. The first-order chi connectivity index (χ1) is 12.5. The summed E-state index contributed by atoms with van der Waals surface area (Å²) in [6.07, 6.45) is 0. The summed E-state index contributed by atoms with van der Waals surface area (Å²) in [5, 5.41) is 2.64. The molecule has 1 aliphatic rings. The van der Waals surface area contributed by atoms with Crippen molar-refractivity contribution in [1.29, 1.82) is 0 Å². The Labute approximate surface area is 152 Å². The van der Waals surface area contributed by atoms with Crippen LogP contribution in [-0.2, 0) is 11.3 Å². The average Bonchev–Trinajstić information content (AvgIpc) is 2.60. The predicted octanol–water partition coefficient (Wildman–Crippen LogP) is 0.195. The maximum atomic E-state index is 13.2. The summed E-state index contributed by atoms with van der Waals surface area (Å²) in [7, 11) is 0. The molecule has 0 saturated carbocycles. The van der Waals surface area contributed by atoms with Crippen molar-refractivity contribution in [2.75, 3.05) is 38.0 Å². The molecule has 0 unspecified atom stereocenters. The standard InChI is InChI=1S/C20H23F2N3O/c1-15-3-2-4-16(11-15)13-24-7-9-25(10-8-24)14-20(26)23-17-5-6-18(21)19(22)12-17/h2-6,11-12H,7-10,13-14H2,1H3,(H,23,26)/p+2. The second-order valence-corrected chi connectivity index (χ2v) is 7.02. The van der Waals surface area contributed by atoms with Gasteiger partial charge in [-0.3, -0.25) is 4.79 Å². The number of nitrogens with one attached hydrogen (secondary N) is 3. The summed E-state index contributed by atoms with van der Waals surface area (Å²) in [5.41, 5.74) is 2.91. The Kier molecular flexibility index (Phi) is 5.96. The van der Waals surface area contributed by atoms with Gasteiger partial charge in [0.25, 0.3) is 5.91 Å². The molecule has 1 amide bonds. The molecule has 138 valence electrons. The van der Waals surface area contributed by atoms with E-state index in [9.17, 15) is 13.6 Å². The molecule has 3 N–H and O–H groups in total. The molecule has 2 aromatic carbocycles. The van der Waals surface area contributed by atoms with Crippen LogP contribution in [0.1, 0.15) is 11.1 Å². The average molecular weight is 361 g/mol. The molecular formula is C20H25F2N3O+2. The molecule has 1 fully saturated rings. The predicted molar refractivity (Wildman–Crippen MR) is 96.1 cm³/mol. The van der Waals surface area contributed by atoms with E-state index in [1.165, 1.54) is 27.0 Å². The van der Waals surface area contributed by atoms with Gasteiger partial charge in [0.05, 0.1) is 0 Å². The molecule has 1 saturated heterocycles. The SMILES string of the molecule is Cc1cccc(C[NH+]2CC[NH+](CC(=O)Nc3ccc(F)c(F)c3)CC2)c1. The Morgan fingerprint density at radius 1 is 1.00 bits per heavy atom. The Morgan fingerprint density at radius 2 is 1.73 bits per heavy atom. The summed E-state index contributed by atoms with van der Waals surface area (Å²) >= 11 is 0. The minimum atomic E-state index is -0.955. The van der Waals surface area contributed by atoms with Crippen molar-refractivity contribution in [3.05, 3.63) is 65.2 Å². The van der Waals surface area contributed by atoms with Crippen LogP contribution in [0.3, 0.4) is 0 Å². The van der Waals surface area contributed by atoms with Gasteiger partial charge in [-0.1, -0.05) is 29.8 Å². The van der Waals surface area contributed by atoms with Gasteiger partial charge in [-0.25, -0.2) is 8.78 Å². The number of anilines is 1. The van der Waals surface area contributed by atoms with Gasteiger partial charge in [0.2, 0.25) is 0 Å². The molecule has 0 radical (unpaired) electrons. The van der Waals surface area contributed by atoms with Crippen LogP contribution < -0.4 is 15.1 Å². The number of benzene rings is 2. The van der Waals surface area contributed by atoms with Crippen LogP contribution in [0.15, 0.2) is 42.5 Å². The Morgan fingerprint density at radius 3 is 2.42 bits per heavy atom. The molecule has 0 bridgehead atoms. The Balaban J connectivity index is 1.44. The minimum Gasteiger partial charge on any atom is -0.322 e. The molecular weight excluding hydrogens is 336 g/mol. The summed E-state index contributed by atoms with van der Waals surface area (Å²) in [4.78, 5) is 14.9. The topological polar surface area (TPSA) is 38.0 Å². The fourth-order valence-corrected chi connectivity index (χ4v) is 3.43. The number of carbonyl (C=O) groups excluding carboxylic acids is 1. The van der Waals surface area contributed by atoms with Crippen molar-refractivity contribution >= 4 is 11.6 Å². The fraction of sp³-hybridized carbons (Fsp3) is 0.350. The van der Waals surface area contributed by atoms with Crippen LogP contribution in [0.4, 0.5) is 14.5 Å². The number of amides is 1. The molecule has 26 heavy (non-hydrogen) atoms. The number of rotatable bonds is 5. The van der Waals surface area contributed by atoms with Gasteiger partial charge in [-0.15, -0.1) is 0 Å². The van der Waals surface area contributed by atoms with E-state index >= 15 is 0 Å². The van der Waals surface area contributed by atoms with E-state index < -0.39 is 11.6 Å². The maximum absolute atomic E-state index is 13.2. The lowest BCUT2D eigenvalue weighted by atomic mass is 10.1. The quantitative estimate of drug-likeness (QED) is 0.699. The number of halogens is 2. The highest BCUT2D eigenvalue weighted by Crippen LogP contribution is 2.12. The van der Waals surface area contributed by atoms with E-state index in [2.05, 4.69) is 36.5 Å². The Hall–Kier alpha value is -2.31. The van der Waals surface area contributed by atoms with Crippen molar-refractivity contribution in [2.45, 2.75) is 13.5 Å². The van der Waals surface area contributed by atoms with E-state index in [-0.39, 0.29) is 11.6 Å². The van der Waals surface area contributed by atoms with E-state index in [0.29, 0.717) is 6.54 Å². The van der Waals surface area contributed by atoms with Crippen LogP contribution in [0.2, 0.25) is 0 Å². The molecule has 0 aromatic heterocycles. The van der Waals surface area contributed by atoms with E-state index in [1.54, 1.807) is 0 Å². The largest absolute Gasteiger partial charge is 0.322 e. The first-order valence-electron chi connectivity index (χ1n) is 8.97.